The molecule has 100 valence electrons. The van der Waals surface area contributed by atoms with Crippen molar-refractivity contribution in [1.29, 1.82) is 0 Å². The lowest BCUT2D eigenvalue weighted by Crippen LogP contribution is -2.08. The van der Waals surface area contributed by atoms with Crippen LogP contribution in [0.15, 0.2) is 12.1 Å². The van der Waals surface area contributed by atoms with Crippen LogP contribution in [0.3, 0.4) is 0 Å². The van der Waals surface area contributed by atoms with Crippen LogP contribution in [0.25, 0.3) is 0 Å². The van der Waals surface area contributed by atoms with E-state index >= 15 is 0 Å². The van der Waals surface area contributed by atoms with Gasteiger partial charge in [0.2, 0.25) is 0 Å². The molecule has 0 heterocycles. The molecule has 2 rings (SSSR count). The maximum Gasteiger partial charge on any atom is 0.141 e. The van der Waals surface area contributed by atoms with Gasteiger partial charge in [-0.25, -0.2) is 0 Å². The minimum absolute atomic E-state index is 0.390. The zero-order chi connectivity index (χ0) is 13.1. The third-order valence-electron chi connectivity index (χ3n) is 3.51. The van der Waals surface area contributed by atoms with Gasteiger partial charge in [0.05, 0.1) is 11.6 Å². The van der Waals surface area contributed by atoms with E-state index in [4.69, 9.17) is 22.1 Å². The van der Waals surface area contributed by atoms with Crippen molar-refractivity contribution >= 4 is 11.6 Å². The fourth-order valence-corrected chi connectivity index (χ4v) is 2.50. The first-order valence-corrected chi connectivity index (χ1v) is 7.12. The lowest BCUT2D eigenvalue weighted by atomic mass is 9.95. The van der Waals surface area contributed by atoms with Gasteiger partial charge in [0.1, 0.15) is 5.75 Å². The summed E-state index contributed by atoms with van der Waals surface area (Å²) in [7, 11) is 0. The summed E-state index contributed by atoms with van der Waals surface area (Å²) < 4.78 is 5.94. The maximum atomic E-state index is 6.33. The van der Waals surface area contributed by atoms with Crippen molar-refractivity contribution in [3.8, 4) is 5.75 Å². The Bertz CT molecular complexity index is 415. The predicted octanol–water partition coefficient (Wildman–Crippen LogP) is 3.89. The van der Waals surface area contributed by atoms with E-state index in [2.05, 4.69) is 19.9 Å². The van der Waals surface area contributed by atoms with Gasteiger partial charge in [-0.2, -0.15) is 0 Å². The highest BCUT2D eigenvalue weighted by Gasteiger charge is 2.24. The first kappa shape index (κ1) is 13.7. The van der Waals surface area contributed by atoms with Gasteiger partial charge in [-0.1, -0.05) is 24.6 Å². The summed E-state index contributed by atoms with van der Waals surface area (Å²) in [5.41, 5.74) is 8.03. The molecular weight excluding hydrogens is 246 g/mol. The normalized spacial score (nSPS) is 16.7. The number of benzene rings is 1. The Morgan fingerprint density at radius 2 is 2.17 bits per heavy atom. The second-order valence-electron chi connectivity index (χ2n) is 5.40. The minimum Gasteiger partial charge on any atom is -0.491 e. The van der Waals surface area contributed by atoms with Gasteiger partial charge >= 0.3 is 0 Å². The molecule has 1 aliphatic carbocycles. The summed E-state index contributed by atoms with van der Waals surface area (Å²) in [6, 6.07) is 4.15. The molecule has 0 bridgehead atoms. The lowest BCUT2D eigenvalue weighted by molar-refractivity contribution is 0.295. The molecule has 1 aromatic carbocycles. The van der Waals surface area contributed by atoms with Crippen LogP contribution in [0.4, 0.5) is 0 Å². The van der Waals surface area contributed by atoms with Gasteiger partial charge in [0.15, 0.2) is 0 Å². The largest absolute Gasteiger partial charge is 0.491 e. The monoisotopic (exact) mass is 267 g/mol. The SMILES string of the molecule is Cc1cc(Cl)c(OCC2CC2)c(C(C)CCN)c1. The van der Waals surface area contributed by atoms with E-state index in [0.29, 0.717) is 12.5 Å². The van der Waals surface area contributed by atoms with Crippen molar-refractivity contribution in [2.24, 2.45) is 11.7 Å². The number of ether oxygens (including phenoxy) is 1. The highest BCUT2D eigenvalue weighted by molar-refractivity contribution is 6.32. The molecule has 1 fully saturated rings. The second kappa shape index (κ2) is 5.94. The van der Waals surface area contributed by atoms with Crippen molar-refractivity contribution in [1.82, 2.24) is 0 Å². The molecule has 0 aromatic heterocycles. The Morgan fingerprint density at radius 1 is 1.44 bits per heavy atom. The minimum atomic E-state index is 0.390. The summed E-state index contributed by atoms with van der Waals surface area (Å²) >= 11 is 6.33. The molecule has 3 heteroatoms. The molecule has 2 N–H and O–H groups in total. The van der Waals surface area contributed by atoms with Crippen molar-refractivity contribution < 1.29 is 4.74 Å². The number of rotatable bonds is 6. The van der Waals surface area contributed by atoms with Gasteiger partial charge in [-0.3, -0.25) is 0 Å². The number of nitrogens with two attached hydrogens (primary N) is 1. The van der Waals surface area contributed by atoms with Crippen LogP contribution in [-0.2, 0) is 0 Å². The van der Waals surface area contributed by atoms with E-state index in [1.165, 1.54) is 24.0 Å². The topological polar surface area (TPSA) is 35.2 Å². The Balaban J connectivity index is 2.21. The Hall–Kier alpha value is -0.730. The molecule has 0 spiro atoms. The predicted molar refractivity (Wildman–Crippen MR) is 76.5 cm³/mol. The summed E-state index contributed by atoms with van der Waals surface area (Å²) in [5, 5.41) is 0.731. The Labute approximate surface area is 114 Å². The van der Waals surface area contributed by atoms with E-state index in [0.717, 1.165) is 29.7 Å². The molecule has 18 heavy (non-hydrogen) atoms. The number of halogens is 1. The molecule has 0 amide bonds. The number of hydrogen-bond acceptors (Lipinski definition) is 2. The average molecular weight is 268 g/mol. The summed E-state index contributed by atoms with van der Waals surface area (Å²) in [4.78, 5) is 0. The Kier molecular flexibility index (Phi) is 4.52. The van der Waals surface area contributed by atoms with Gasteiger partial charge in [-0.15, -0.1) is 0 Å². The van der Waals surface area contributed by atoms with Crippen molar-refractivity contribution in [2.45, 2.75) is 39.0 Å². The second-order valence-corrected chi connectivity index (χ2v) is 5.81. The number of hydrogen-bond donors (Lipinski definition) is 1. The van der Waals surface area contributed by atoms with Crippen molar-refractivity contribution in [2.75, 3.05) is 13.2 Å². The standard InChI is InChI=1S/C15H22ClNO/c1-10-7-13(11(2)5-6-17)15(14(16)8-10)18-9-12-3-4-12/h7-8,11-12H,3-6,9,17H2,1-2H3. The summed E-state index contributed by atoms with van der Waals surface area (Å²) in [5.74, 6) is 2.00. The fourth-order valence-electron chi connectivity index (χ4n) is 2.17. The Morgan fingerprint density at radius 3 is 2.78 bits per heavy atom. The maximum absolute atomic E-state index is 6.33. The molecule has 1 atom stereocenters. The quantitative estimate of drug-likeness (QED) is 0.849. The van der Waals surface area contributed by atoms with Crippen molar-refractivity contribution in [3.05, 3.63) is 28.3 Å². The number of aryl methyl sites for hydroxylation is 1. The highest BCUT2D eigenvalue weighted by atomic mass is 35.5. The van der Waals surface area contributed by atoms with Crippen LogP contribution >= 0.6 is 11.6 Å². The smallest absolute Gasteiger partial charge is 0.141 e. The van der Waals surface area contributed by atoms with Crippen LogP contribution in [0.2, 0.25) is 5.02 Å². The zero-order valence-electron chi connectivity index (χ0n) is 11.2. The molecule has 1 saturated carbocycles. The van der Waals surface area contributed by atoms with E-state index in [1.54, 1.807) is 0 Å². The first-order valence-electron chi connectivity index (χ1n) is 6.74. The van der Waals surface area contributed by atoms with Crippen LogP contribution in [0.1, 0.15) is 43.2 Å². The van der Waals surface area contributed by atoms with E-state index < -0.39 is 0 Å². The lowest BCUT2D eigenvalue weighted by Gasteiger charge is -2.18. The summed E-state index contributed by atoms with van der Waals surface area (Å²) in [6.07, 6.45) is 3.54. The molecule has 2 nitrogen and oxygen atoms in total. The highest BCUT2D eigenvalue weighted by Crippen LogP contribution is 2.38. The first-order chi connectivity index (χ1) is 8.61. The van der Waals surface area contributed by atoms with Crippen LogP contribution in [-0.4, -0.2) is 13.2 Å². The molecule has 1 unspecified atom stereocenters. The molecule has 0 radical (unpaired) electrons. The van der Waals surface area contributed by atoms with Crippen LogP contribution in [0.5, 0.6) is 5.75 Å². The molecule has 0 aliphatic heterocycles. The van der Waals surface area contributed by atoms with Gasteiger partial charge in [0, 0.05) is 0 Å². The average Bonchev–Trinajstić information content (AvgIpc) is 3.11. The molecule has 1 aliphatic rings. The third kappa shape index (κ3) is 3.39. The van der Waals surface area contributed by atoms with Crippen LogP contribution < -0.4 is 10.5 Å². The van der Waals surface area contributed by atoms with Crippen molar-refractivity contribution in [3.63, 3.8) is 0 Å². The van der Waals surface area contributed by atoms with Gasteiger partial charge in [0.25, 0.3) is 0 Å². The molecule has 0 saturated heterocycles. The van der Waals surface area contributed by atoms with Crippen LogP contribution in [0, 0.1) is 12.8 Å². The zero-order valence-corrected chi connectivity index (χ0v) is 12.0. The molecule has 1 aromatic rings. The summed E-state index contributed by atoms with van der Waals surface area (Å²) in [6.45, 7) is 5.73. The van der Waals surface area contributed by atoms with Gasteiger partial charge < -0.3 is 10.5 Å². The van der Waals surface area contributed by atoms with Gasteiger partial charge in [-0.05, 0) is 61.8 Å². The molecular formula is C15H22ClNO. The third-order valence-corrected chi connectivity index (χ3v) is 3.79. The van der Waals surface area contributed by atoms with E-state index in [-0.39, 0.29) is 0 Å². The van der Waals surface area contributed by atoms with E-state index in [1.807, 2.05) is 6.07 Å². The fraction of sp³-hybridized carbons (Fsp3) is 0.600. The van der Waals surface area contributed by atoms with E-state index in [9.17, 15) is 0 Å².